The van der Waals surface area contributed by atoms with E-state index >= 15 is 0 Å². The molecule has 3 N–H and O–H groups in total. The van der Waals surface area contributed by atoms with Crippen molar-refractivity contribution in [1.82, 2.24) is 0 Å². The van der Waals surface area contributed by atoms with Crippen LogP contribution in [-0.4, -0.2) is 96.7 Å². The van der Waals surface area contributed by atoms with Gasteiger partial charge in [-0.1, -0.05) is 305 Å². The molecular formula is C71H138O17P2. The molecule has 0 rings (SSSR count). The molecule has 0 aromatic heterocycles. The summed E-state index contributed by atoms with van der Waals surface area (Å²) in [7, 11) is -9.90. The van der Waals surface area contributed by atoms with Crippen molar-refractivity contribution >= 4 is 39.5 Å². The summed E-state index contributed by atoms with van der Waals surface area (Å²) in [5.41, 5.74) is 0. The maximum atomic E-state index is 13.0. The van der Waals surface area contributed by atoms with Gasteiger partial charge in [0.15, 0.2) is 12.2 Å². The number of hydrogen-bond donors (Lipinski definition) is 3. The van der Waals surface area contributed by atoms with Crippen molar-refractivity contribution in [1.29, 1.82) is 0 Å². The first-order chi connectivity index (χ1) is 43.3. The van der Waals surface area contributed by atoms with E-state index in [1.807, 2.05) is 0 Å². The molecule has 3 unspecified atom stereocenters. The highest BCUT2D eigenvalue weighted by Crippen LogP contribution is 2.45. The molecule has 0 aliphatic heterocycles. The minimum atomic E-state index is -4.95. The number of rotatable bonds is 69. The maximum absolute atomic E-state index is 13.0. The van der Waals surface area contributed by atoms with Crippen molar-refractivity contribution in [3.63, 3.8) is 0 Å². The topological polar surface area (TPSA) is 237 Å². The first-order valence-corrected chi connectivity index (χ1v) is 39.9. The van der Waals surface area contributed by atoms with E-state index in [1.165, 1.54) is 167 Å². The standard InChI is InChI=1S/C71H138O17P2/c1-8-10-11-12-13-14-16-23-31-38-45-52-68(73)81-59-67(88-71(76)55-48-41-34-27-26-29-36-43-50-63(5)6)61-86-90(79,80)84-57-65(72)56-83-89(77,78)85-60-66(87-70(75)54-47-40-33-25-18-15-17-21-28-35-42-49-62(3)4)58-82-69(74)53-46-39-32-24-20-19-22-30-37-44-51-64(7)9-2/h62-67,72H,8-61H2,1-7H3,(H,77,78)(H,79,80)/t64?,65-,66-,67-/m1/s1. The third-order valence-electron chi connectivity index (χ3n) is 16.7. The number of unbranched alkanes of at least 4 members (excludes halogenated alkanes) is 36. The van der Waals surface area contributed by atoms with Crippen molar-refractivity contribution in [3.8, 4) is 0 Å². The average molecular weight is 1330 g/mol. The first kappa shape index (κ1) is 88.1. The largest absolute Gasteiger partial charge is 0.472 e. The Bertz CT molecular complexity index is 1770. The maximum Gasteiger partial charge on any atom is 0.472 e. The molecule has 0 aliphatic carbocycles. The number of ether oxygens (including phenoxy) is 4. The minimum Gasteiger partial charge on any atom is -0.462 e. The molecule has 0 saturated carbocycles. The summed E-state index contributed by atoms with van der Waals surface area (Å²) in [4.78, 5) is 72.6. The van der Waals surface area contributed by atoms with Gasteiger partial charge in [-0.15, -0.1) is 0 Å². The van der Waals surface area contributed by atoms with Gasteiger partial charge in [-0.3, -0.25) is 37.3 Å². The Kier molecular flexibility index (Phi) is 60.6. The van der Waals surface area contributed by atoms with Crippen molar-refractivity contribution < 1.29 is 80.2 Å². The summed E-state index contributed by atoms with van der Waals surface area (Å²) < 4.78 is 68.3. The Balaban J connectivity index is 5.26. The normalized spacial score (nSPS) is 14.5. The van der Waals surface area contributed by atoms with Gasteiger partial charge in [0, 0.05) is 25.7 Å². The van der Waals surface area contributed by atoms with E-state index in [1.54, 1.807) is 0 Å². The van der Waals surface area contributed by atoms with Crippen LogP contribution in [0.25, 0.3) is 0 Å². The van der Waals surface area contributed by atoms with Crippen LogP contribution in [0.2, 0.25) is 0 Å². The zero-order valence-corrected chi connectivity index (χ0v) is 60.4. The molecule has 0 aliphatic rings. The van der Waals surface area contributed by atoms with Gasteiger partial charge in [-0.05, 0) is 43.4 Å². The van der Waals surface area contributed by atoms with Crippen LogP contribution in [0.3, 0.4) is 0 Å². The van der Waals surface area contributed by atoms with E-state index in [2.05, 4.69) is 48.5 Å². The van der Waals surface area contributed by atoms with Gasteiger partial charge in [0.05, 0.1) is 26.4 Å². The number of esters is 4. The molecule has 0 saturated heterocycles. The molecule has 534 valence electrons. The smallest absolute Gasteiger partial charge is 0.462 e. The Labute approximate surface area is 549 Å². The molecule has 6 atom stereocenters. The lowest BCUT2D eigenvalue weighted by Crippen LogP contribution is -2.30. The summed E-state index contributed by atoms with van der Waals surface area (Å²) in [6, 6.07) is 0. The van der Waals surface area contributed by atoms with Crippen LogP contribution in [0, 0.1) is 17.8 Å². The van der Waals surface area contributed by atoms with Gasteiger partial charge in [-0.25, -0.2) is 9.13 Å². The second-order valence-electron chi connectivity index (χ2n) is 26.8. The molecule has 0 aromatic rings. The fourth-order valence-electron chi connectivity index (χ4n) is 10.7. The molecule has 0 aromatic carbocycles. The van der Waals surface area contributed by atoms with Gasteiger partial charge in [0.1, 0.15) is 19.3 Å². The molecule has 0 heterocycles. The monoisotopic (exact) mass is 1320 g/mol. The van der Waals surface area contributed by atoms with Crippen LogP contribution in [0.1, 0.15) is 357 Å². The molecule has 0 fully saturated rings. The second-order valence-corrected chi connectivity index (χ2v) is 29.7. The highest BCUT2D eigenvalue weighted by molar-refractivity contribution is 7.47. The molecule has 0 radical (unpaired) electrons. The van der Waals surface area contributed by atoms with Crippen LogP contribution >= 0.6 is 15.6 Å². The second kappa shape index (κ2) is 61.9. The van der Waals surface area contributed by atoms with Crippen molar-refractivity contribution in [3.05, 3.63) is 0 Å². The van der Waals surface area contributed by atoms with E-state index in [0.717, 1.165) is 108 Å². The third-order valence-corrected chi connectivity index (χ3v) is 18.6. The number of aliphatic hydroxyl groups excluding tert-OH is 1. The highest BCUT2D eigenvalue weighted by atomic mass is 31.2. The lowest BCUT2D eigenvalue weighted by atomic mass is 9.99. The molecule has 17 nitrogen and oxygen atoms in total. The average Bonchev–Trinajstić information content (AvgIpc) is 2.51. The Morgan fingerprint density at radius 2 is 0.567 bits per heavy atom. The van der Waals surface area contributed by atoms with Crippen molar-refractivity contribution in [2.24, 2.45) is 17.8 Å². The molecule has 0 bridgehead atoms. The van der Waals surface area contributed by atoms with E-state index in [0.29, 0.717) is 25.7 Å². The van der Waals surface area contributed by atoms with Crippen LogP contribution in [0.15, 0.2) is 0 Å². The van der Waals surface area contributed by atoms with E-state index in [-0.39, 0.29) is 25.7 Å². The Morgan fingerprint density at radius 3 is 0.844 bits per heavy atom. The fraction of sp³-hybridized carbons (Fsp3) is 0.944. The van der Waals surface area contributed by atoms with Crippen molar-refractivity contribution in [2.75, 3.05) is 39.6 Å². The molecule has 19 heteroatoms. The van der Waals surface area contributed by atoms with Crippen LogP contribution in [-0.2, 0) is 65.4 Å². The van der Waals surface area contributed by atoms with Crippen LogP contribution in [0.5, 0.6) is 0 Å². The van der Waals surface area contributed by atoms with Gasteiger partial charge in [0.25, 0.3) is 0 Å². The lowest BCUT2D eigenvalue weighted by molar-refractivity contribution is -0.161. The summed E-state index contributed by atoms with van der Waals surface area (Å²) >= 11 is 0. The summed E-state index contributed by atoms with van der Waals surface area (Å²) in [6.45, 7) is 11.8. The van der Waals surface area contributed by atoms with Crippen LogP contribution in [0.4, 0.5) is 0 Å². The fourth-order valence-corrected chi connectivity index (χ4v) is 12.3. The van der Waals surface area contributed by atoms with Gasteiger partial charge < -0.3 is 33.8 Å². The SMILES string of the molecule is CCCCCCCCCCCCCC(=O)OC[C@H](COP(=O)(O)OC[C@H](O)COP(=O)(O)OC[C@@H](COC(=O)CCCCCCCCCCCCC(C)CC)OC(=O)CCCCCCCCCCCCCC(C)C)OC(=O)CCCCCCCCCCC(C)C. The number of hydrogen-bond acceptors (Lipinski definition) is 15. The van der Waals surface area contributed by atoms with Gasteiger partial charge >= 0.3 is 39.5 Å². The number of phosphoric ester groups is 2. The first-order valence-electron chi connectivity index (χ1n) is 36.9. The highest BCUT2D eigenvalue weighted by Gasteiger charge is 2.30. The predicted molar refractivity (Wildman–Crippen MR) is 363 cm³/mol. The molecule has 0 spiro atoms. The lowest BCUT2D eigenvalue weighted by Gasteiger charge is -2.21. The van der Waals surface area contributed by atoms with Crippen molar-refractivity contribution in [2.45, 2.75) is 375 Å². The predicted octanol–water partition coefficient (Wildman–Crippen LogP) is 20.2. The van der Waals surface area contributed by atoms with E-state index < -0.39 is 97.5 Å². The summed E-state index contributed by atoms with van der Waals surface area (Å²) in [6.07, 6.45) is 45.7. The quantitative estimate of drug-likeness (QED) is 0.0222. The van der Waals surface area contributed by atoms with E-state index in [4.69, 9.17) is 37.0 Å². The molecule has 0 amide bonds. The van der Waals surface area contributed by atoms with Gasteiger partial charge in [-0.2, -0.15) is 0 Å². The Hall–Kier alpha value is -1.94. The third kappa shape index (κ3) is 63.5. The number of phosphoric acid groups is 2. The zero-order chi connectivity index (χ0) is 66.6. The Morgan fingerprint density at radius 1 is 0.322 bits per heavy atom. The minimum absolute atomic E-state index is 0.104. The molecule has 90 heavy (non-hydrogen) atoms. The summed E-state index contributed by atoms with van der Waals surface area (Å²) in [5, 5.41) is 10.6. The summed E-state index contributed by atoms with van der Waals surface area (Å²) in [5.74, 6) is 0.168. The molecular weight excluding hydrogens is 1190 g/mol. The van der Waals surface area contributed by atoms with Gasteiger partial charge in [0.2, 0.25) is 0 Å². The number of carbonyl (C=O) groups excluding carboxylic acids is 4. The number of carbonyl (C=O) groups is 4. The van der Waals surface area contributed by atoms with E-state index in [9.17, 15) is 43.2 Å². The number of aliphatic hydroxyl groups is 1. The van der Waals surface area contributed by atoms with Crippen LogP contribution < -0.4 is 0 Å². The zero-order valence-electron chi connectivity index (χ0n) is 58.6.